The molecular formula is C30H64N4. The molecule has 0 aliphatic rings. The fourth-order valence-corrected chi connectivity index (χ4v) is 1.84. The molecule has 0 heterocycles. The molecule has 0 aromatic rings. The maximum absolute atomic E-state index is 3.93. The van der Waals surface area contributed by atoms with Crippen molar-refractivity contribution in [3.63, 3.8) is 0 Å². The first-order valence-corrected chi connectivity index (χ1v) is 13.1. The van der Waals surface area contributed by atoms with Gasteiger partial charge in [0.05, 0.1) is 0 Å². The highest BCUT2D eigenvalue weighted by Crippen LogP contribution is 2.09. The molecule has 4 N–H and O–H groups in total. The van der Waals surface area contributed by atoms with Gasteiger partial charge in [-0.05, 0) is 57.8 Å². The zero-order valence-electron chi connectivity index (χ0n) is 25.8. The van der Waals surface area contributed by atoms with Crippen LogP contribution in [0.25, 0.3) is 0 Å². The summed E-state index contributed by atoms with van der Waals surface area (Å²) < 4.78 is 0. The Bertz CT molecular complexity index is 534. The zero-order valence-corrected chi connectivity index (χ0v) is 25.8. The minimum absolute atomic E-state index is 0.154. The zero-order chi connectivity index (χ0) is 28.1. The van der Waals surface area contributed by atoms with E-state index in [0.717, 1.165) is 35.9 Å². The van der Waals surface area contributed by atoms with Crippen molar-refractivity contribution in [3.8, 4) is 0 Å². The molecule has 0 aromatic carbocycles. The highest BCUT2D eigenvalue weighted by molar-refractivity contribution is 4.98. The average Bonchev–Trinajstić information content (AvgIpc) is 2.71. The Labute approximate surface area is 216 Å². The van der Waals surface area contributed by atoms with E-state index in [2.05, 4.69) is 138 Å². The van der Waals surface area contributed by atoms with Crippen LogP contribution in [0.1, 0.15) is 96.4 Å². The van der Waals surface area contributed by atoms with Crippen LogP contribution in [0.4, 0.5) is 0 Å². The molecule has 0 radical (unpaired) electrons. The molecule has 0 aromatic heterocycles. The Morgan fingerprint density at radius 3 is 1.12 bits per heavy atom. The molecule has 0 amide bonds. The van der Waals surface area contributed by atoms with Crippen molar-refractivity contribution in [1.29, 1.82) is 0 Å². The van der Waals surface area contributed by atoms with Gasteiger partial charge in [-0.1, -0.05) is 88.6 Å². The Kier molecular flexibility index (Phi) is 26.6. The lowest BCUT2D eigenvalue weighted by molar-refractivity contribution is 0.446. The van der Waals surface area contributed by atoms with Crippen molar-refractivity contribution in [2.45, 2.75) is 102 Å². The predicted molar refractivity (Wildman–Crippen MR) is 160 cm³/mol. The van der Waals surface area contributed by atoms with Crippen LogP contribution in [-0.4, -0.2) is 25.7 Å². The van der Waals surface area contributed by atoms with Gasteiger partial charge < -0.3 is 21.3 Å². The highest BCUT2D eigenvalue weighted by atomic mass is 15.0. The van der Waals surface area contributed by atoms with E-state index in [1.165, 1.54) is 6.42 Å². The molecule has 0 saturated carbocycles. The largest absolute Gasteiger partial charge is 0.392 e. The van der Waals surface area contributed by atoms with Gasteiger partial charge in [0.15, 0.2) is 0 Å². The highest BCUT2D eigenvalue weighted by Gasteiger charge is 2.10. The van der Waals surface area contributed by atoms with Gasteiger partial charge in [0, 0.05) is 48.5 Å². The quantitative estimate of drug-likeness (QED) is 0.243. The molecule has 0 bridgehead atoms. The van der Waals surface area contributed by atoms with Gasteiger partial charge >= 0.3 is 0 Å². The van der Waals surface area contributed by atoms with E-state index >= 15 is 0 Å². The molecule has 0 fully saturated rings. The normalized spacial score (nSPS) is 10.2. The Morgan fingerprint density at radius 1 is 0.618 bits per heavy atom. The van der Waals surface area contributed by atoms with Crippen molar-refractivity contribution in [1.82, 2.24) is 21.3 Å². The van der Waals surface area contributed by atoms with Crippen LogP contribution in [0.15, 0.2) is 49.1 Å². The molecule has 0 saturated heterocycles. The SMILES string of the molecule is C=C(NC(C)(C)C)C(C)C.C=C(NC)C(C)C.C=C(NCC)C(C)C.C=C(NCCC)C(C)C. The Balaban J connectivity index is -0.000000178. The van der Waals surface area contributed by atoms with Crippen LogP contribution in [-0.2, 0) is 0 Å². The number of nitrogens with one attached hydrogen (secondary N) is 4. The molecule has 0 spiro atoms. The number of rotatable bonds is 11. The van der Waals surface area contributed by atoms with Crippen LogP contribution < -0.4 is 21.3 Å². The summed E-state index contributed by atoms with van der Waals surface area (Å²) in [6.07, 6.45) is 1.17. The Morgan fingerprint density at radius 2 is 0.971 bits per heavy atom. The first-order chi connectivity index (χ1) is 15.4. The van der Waals surface area contributed by atoms with Crippen LogP contribution >= 0.6 is 0 Å². The van der Waals surface area contributed by atoms with Crippen molar-refractivity contribution >= 4 is 0 Å². The maximum atomic E-state index is 3.93. The van der Waals surface area contributed by atoms with Gasteiger partial charge in [0.25, 0.3) is 0 Å². The van der Waals surface area contributed by atoms with Crippen molar-refractivity contribution in [2.75, 3.05) is 20.1 Å². The van der Waals surface area contributed by atoms with Gasteiger partial charge in [0.2, 0.25) is 0 Å². The van der Waals surface area contributed by atoms with Crippen molar-refractivity contribution in [3.05, 3.63) is 49.1 Å². The maximum Gasteiger partial charge on any atom is 0.0286 e. The van der Waals surface area contributed by atoms with Crippen molar-refractivity contribution in [2.24, 2.45) is 23.7 Å². The third kappa shape index (κ3) is 32.3. The van der Waals surface area contributed by atoms with Gasteiger partial charge in [0.1, 0.15) is 0 Å². The first-order valence-electron chi connectivity index (χ1n) is 13.1. The van der Waals surface area contributed by atoms with Gasteiger partial charge in [-0.2, -0.15) is 0 Å². The minimum atomic E-state index is 0.154. The Hall–Kier alpha value is -1.84. The summed E-state index contributed by atoms with van der Waals surface area (Å²) in [5, 5.41) is 12.7. The number of hydrogen-bond acceptors (Lipinski definition) is 4. The van der Waals surface area contributed by atoms with E-state index in [1.807, 2.05) is 7.05 Å². The third-order valence-electron chi connectivity index (χ3n) is 4.65. The van der Waals surface area contributed by atoms with E-state index in [1.54, 1.807) is 0 Å². The number of hydrogen-bond donors (Lipinski definition) is 4. The monoisotopic (exact) mass is 481 g/mol. The molecule has 0 rings (SSSR count). The predicted octanol–water partition coefficient (Wildman–Crippen LogP) is 7.84. The second-order valence-electron chi connectivity index (χ2n) is 10.8. The standard InChI is InChI=1S/C9H19N.C8H17N.C7H15N.C6H13N/c1-7(2)8(3)10-9(4,5)6;1-5-6-9-8(4)7(2)3;1-5-8-7(4)6(2)3;1-5(2)6(3)7-4/h7,10H,3H2,1-2,4-6H3;7,9H,4-6H2,1-3H3;6,8H,4-5H2,1-3H3;5,7H,3H2,1-2,4H3. The lowest BCUT2D eigenvalue weighted by Gasteiger charge is -2.25. The van der Waals surface area contributed by atoms with E-state index in [9.17, 15) is 0 Å². The van der Waals surface area contributed by atoms with E-state index in [4.69, 9.17) is 0 Å². The molecule has 4 heteroatoms. The lowest BCUT2D eigenvalue weighted by atomic mass is 10.1. The van der Waals surface area contributed by atoms with E-state index in [-0.39, 0.29) is 5.54 Å². The lowest BCUT2D eigenvalue weighted by Crippen LogP contribution is -2.36. The summed E-state index contributed by atoms with van der Waals surface area (Å²) >= 11 is 0. The summed E-state index contributed by atoms with van der Waals surface area (Å²) in [6.45, 7) is 45.1. The molecule has 34 heavy (non-hydrogen) atoms. The molecule has 0 aliphatic carbocycles. The van der Waals surface area contributed by atoms with Crippen LogP contribution in [0.3, 0.4) is 0 Å². The summed E-state index contributed by atoms with van der Waals surface area (Å²) in [6, 6.07) is 0. The van der Waals surface area contributed by atoms with Gasteiger partial charge in [-0.25, -0.2) is 0 Å². The molecule has 4 nitrogen and oxygen atoms in total. The van der Waals surface area contributed by atoms with Gasteiger partial charge in [-0.15, -0.1) is 0 Å². The van der Waals surface area contributed by atoms with Crippen LogP contribution in [0.2, 0.25) is 0 Å². The fraction of sp³-hybridized carbons (Fsp3) is 0.733. The van der Waals surface area contributed by atoms with Crippen LogP contribution in [0, 0.1) is 23.7 Å². The molecular weight excluding hydrogens is 416 g/mol. The van der Waals surface area contributed by atoms with Gasteiger partial charge in [-0.3, -0.25) is 0 Å². The minimum Gasteiger partial charge on any atom is -0.392 e. The van der Waals surface area contributed by atoms with E-state index < -0.39 is 0 Å². The van der Waals surface area contributed by atoms with Crippen LogP contribution in [0.5, 0.6) is 0 Å². The summed E-state index contributed by atoms with van der Waals surface area (Å²) in [5.74, 6) is 2.22. The second-order valence-corrected chi connectivity index (χ2v) is 10.8. The molecule has 0 unspecified atom stereocenters. The molecule has 204 valence electrons. The molecule has 0 aliphatic heterocycles. The fourth-order valence-electron chi connectivity index (χ4n) is 1.84. The van der Waals surface area contributed by atoms with Crippen molar-refractivity contribution < 1.29 is 0 Å². The summed E-state index contributed by atoms with van der Waals surface area (Å²) in [7, 11) is 1.89. The third-order valence-corrected chi connectivity index (χ3v) is 4.65. The second kappa shape index (κ2) is 22.9. The van der Waals surface area contributed by atoms with E-state index in [0.29, 0.717) is 23.7 Å². The average molecular weight is 481 g/mol. The smallest absolute Gasteiger partial charge is 0.0286 e. The topological polar surface area (TPSA) is 48.1 Å². The summed E-state index contributed by atoms with van der Waals surface area (Å²) in [5.41, 5.74) is 4.65. The first kappa shape index (κ1) is 39.4. The summed E-state index contributed by atoms with van der Waals surface area (Å²) in [4.78, 5) is 0. The molecule has 0 atom stereocenters. The number of allylic oxidation sites excluding steroid dienone is 4.